The van der Waals surface area contributed by atoms with Gasteiger partial charge in [0.05, 0.1) is 28.1 Å². The minimum atomic E-state index is -0.720. The summed E-state index contributed by atoms with van der Waals surface area (Å²) in [6, 6.07) is 11.8. The highest BCUT2D eigenvalue weighted by Gasteiger charge is 2.51. The standard InChI is InChI=1S/C35H41N7O4/c1-38-8-10-41(11-9-38)28-16-30-29(39(2)34(46)40(30)3)15-27(28)36-20-26-31(43)37-33(45)42(32(26)44)25-6-4-24(5-7-25)35-17-21-12-22(18-35)14-23(13-21)19-35/h4-7,15-16,20-23,44H,8-14,17-19H2,1-3H3,(H,37,43,45). The Balaban J connectivity index is 1.17. The first-order chi connectivity index (χ1) is 22.1. The molecule has 1 aliphatic heterocycles. The Kier molecular flexibility index (Phi) is 6.68. The summed E-state index contributed by atoms with van der Waals surface area (Å²) < 4.78 is 4.32. The topological polar surface area (TPSA) is 121 Å². The lowest BCUT2D eigenvalue weighted by molar-refractivity contribution is -0.00518. The van der Waals surface area contributed by atoms with Gasteiger partial charge >= 0.3 is 11.4 Å². The number of hydrogen-bond acceptors (Lipinski definition) is 7. The van der Waals surface area contributed by atoms with Crippen LogP contribution in [0.25, 0.3) is 16.7 Å². The maximum Gasteiger partial charge on any atom is 0.335 e. The zero-order chi connectivity index (χ0) is 31.9. The van der Waals surface area contributed by atoms with E-state index in [0.717, 1.165) is 59.7 Å². The first-order valence-electron chi connectivity index (χ1n) is 16.5. The van der Waals surface area contributed by atoms with E-state index in [-0.39, 0.29) is 16.7 Å². The third-order valence-corrected chi connectivity index (χ3v) is 11.4. The van der Waals surface area contributed by atoms with Crippen LogP contribution < -0.4 is 21.8 Å². The predicted octanol–water partition coefficient (Wildman–Crippen LogP) is 3.39. The molecule has 46 heavy (non-hydrogen) atoms. The lowest BCUT2D eigenvalue weighted by Crippen LogP contribution is -2.48. The molecule has 4 saturated carbocycles. The van der Waals surface area contributed by atoms with E-state index in [1.807, 2.05) is 24.3 Å². The van der Waals surface area contributed by atoms with Crippen molar-refractivity contribution >= 4 is 28.6 Å². The number of aromatic hydroxyl groups is 1. The van der Waals surface area contributed by atoms with Crippen molar-refractivity contribution < 1.29 is 5.11 Å². The molecule has 9 rings (SSSR count). The number of H-pyrrole nitrogens is 1. The quantitative estimate of drug-likeness (QED) is 0.329. The van der Waals surface area contributed by atoms with Crippen LogP contribution in [0.1, 0.15) is 49.7 Å². The molecule has 3 heterocycles. The number of likely N-dealkylation sites (N-methyl/N-ethyl adjacent to an activating group) is 1. The Morgan fingerprint density at radius 2 is 1.43 bits per heavy atom. The molecular weight excluding hydrogens is 582 g/mol. The van der Waals surface area contributed by atoms with Crippen molar-refractivity contribution in [3.8, 4) is 11.6 Å². The first-order valence-corrected chi connectivity index (χ1v) is 16.5. The number of imidazole rings is 1. The lowest BCUT2D eigenvalue weighted by Gasteiger charge is -2.57. The Labute approximate surface area is 266 Å². The molecule has 4 bridgehead atoms. The van der Waals surface area contributed by atoms with E-state index in [1.54, 1.807) is 23.2 Å². The summed E-state index contributed by atoms with van der Waals surface area (Å²) in [6.07, 6.45) is 9.14. The third-order valence-electron chi connectivity index (χ3n) is 11.4. The monoisotopic (exact) mass is 623 g/mol. The van der Waals surface area contributed by atoms with E-state index in [1.165, 1.54) is 50.3 Å². The van der Waals surface area contributed by atoms with Gasteiger partial charge in [-0.2, -0.15) is 0 Å². The molecular formula is C35H41N7O4. The van der Waals surface area contributed by atoms with Crippen LogP contribution in [0.3, 0.4) is 0 Å². The zero-order valence-electron chi connectivity index (χ0n) is 26.7. The number of nitrogens with one attached hydrogen (secondary N) is 1. The molecule has 2 aromatic carbocycles. The first kappa shape index (κ1) is 29.1. The molecule has 1 saturated heterocycles. The summed E-state index contributed by atoms with van der Waals surface area (Å²) in [5.41, 5.74) is 3.23. The number of aliphatic imine (C=N–C) groups is 1. The number of benzene rings is 2. The maximum absolute atomic E-state index is 13.1. The SMILES string of the molecule is CN1CCN(c2cc3c(cc2N=Cc2c(O)n(-c4ccc(C56CC7CC(CC(C7)C5)C6)cc4)c(=O)[nH]c2=O)n(C)c(=O)n3C)CC1. The van der Waals surface area contributed by atoms with Gasteiger partial charge in [0.1, 0.15) is 5.56 Å². The van der Waals surface area contributed by atoms with Gasteiger partial charge in [-0.25, -0.2) is 14.2 Å². The van der Waals surface area contributed by atoms with E-state index in [0.29, 0.717) is 16.9 Å². The molecule has 2 N–H and O–H groups in total. The third kappa shape index (κ3) is 4.58. The van der Waals surface area contributed by atoms with Crippen molar-refractivity contribution in [2.75, 3.05) is 38.1 Å². The molecule has 0 atom stereocenters. The minimum absolute atomic E-state index is 0.115. The number of nitrogens with zero attached hydrogens (tertiary/aromatic N) is 6. The van der Waals surface area contributed by atoms with Crippen molar-refractivity contribution in [1.82, 2.24) is 23.6 Å². The number of hydrogen-bond donors (Lipinski definition) is 2. The fourth-order valence-corrected chi connectivity index (χ4v) is 9.38. The fraction of sp³-hybridized carbons (Fsp3) is 0.486. The van der Waals surface area contributed by atoms with Gasteiger partial charge in [-0.1, -0.05) is 12.1 Å². The Bertz CT molecular complexity index is 2020. The average Bonchev–Trinajstić information content (AvgIpc) is 3.23. The zero-order valence-corrected chi connectivity index (χ0v) is 26.7. The Hall–Kier alpha value is -4.38. The van der Waals surface area contributed by atoms with Crippen LogP contribution in [-0.2, 0) is 19.5 Å². The van der Waals surface area contributed by atoms with Gasteiger partial charge in [0, 0.05) is 46.5 Å². The van der Waals surface area contributed by atoms with Gasteiger partial charge in [-0.3, -0.25) is 23.9 Å². The number of aromatic amines is 1. The van der Waals surface area contributed by atoms with Gasteiger partial charge in [0.15, 0.2) is 0 Å². The van der Waals surface area contributed by atoms with Crippen molar-refractivity contribution in [2.24, 2.45) is 36.8 Å². The van der Waals surface area contributed by atoms with E-state index in [9.17, 15) is 19.5 Å². The smallest absolute Gasteiger partial charge is 0.335 e. The maximum atomic E-state index is 13.1. The van der Waals surface area contributed by atoms with Gasteiger partial charge in [0.25, 0.3) is 5.56 Å². The number of aryl methyl sites for hydroxylation is 2. The number of fused-ring (bicyclic) bond motifs is 1. The molecule has 240 valence electrons. The highest BCUT2D eigenvalue weighted by Crippen LogP contribution is 2.60. The average molecular weight is 624 g/mol. The van der Waals surface area contributed by atoms with Crippen molar-refractivity contribution in [1.29, 1.82) is 0 Å². The second-order valence-electron chi connectivity index (χ2n) is 14.4. The summed E-state index contributed by atoms with van der Waals surface area (Å²) in [5.74, 6) is 2.00. The predicted molar refractivity (Wildman–Crippen MR) is 179 cm³/mol. The number of rotatable bonds is 5. The second-order valence-corrected chi connectivity index (χ2v) is 14.4. The van der Waals surface area contributed by atoms with Gasteiger partial charge in [-0.15, -0.1) is 0 Å². The number of anilines is 1. The minimum Gasteiger partial charge on any atom is -0.493 e. The Morgan fingerprint density at radius 1 is 0.848 bits per heavy atom. The largest absolute Gasteiger partial charge is 0.493 e. The van der Waals surface area contributed by atoms with Crippen molar-refractivity contribution in [3.05, 3.63) is 78.8 Å². The molecule has 0 spiro atoms. The molecule has 5 fully saturated rings. The van der Waals surface area contributed by atoms with Crippen LogP contribution in [0.2, 0.25) is 0 Å². The lowest BCUT2D eigenvalue weighted by atomic mass is 9.48. The molecule has 0 unspecified atom stereocenters. The highest BCUT2D eigenvalue weighted by atomic mass is 16.3. The molecule has 5 aliphatic rings. The molecule has 4 aliphatic carbocycles. The van der Waals surface area contributed by atoms with Crippen LogP contribution in [-0.4, -0.2) is 68.1 Å². The van der Waals surface area contributed by atoms with Crippen LogP contribution >= 0.6 is 0 Å². The van der Waals surface area contributed by atoms with Crippen LogP contribution in [0.15, 0.2) is 55.8 Å². The van der Waals surface area contributed by atoms with Gasteiger partial charge in [-0.05, 0) is 98.6 Å². The van der Waals surface area contributed by atoms with E-state index >= 15 is 0 Å². The van der Waals surface area contributed by atoms with Gasteiger partial charge < -0.3 is 14.9 Å². The van der Waals surface area contributed by atoms with Crippen LogP contribution in [0.5, 0.6) is 5.88 Å². The van der Waals surface area contributed by atoms with Crippen molar-refractivity contribution in [3.63, 3.8) is 0 Å². The number of aromatic nitrogens is 4. The van der Waals surface area contributed by atoms with E-state index < -0.39 is 17.1 Å². The van der Waals surface area contributed by atoms with Crippen LogP contribution in [0.4, 0.5) is 11.4 Å². The van der Waals surface area contributed by atoms with E-state index in [2.05, 4.69) is 34.0 Å². The summed E-state index contributed by atoms with van der Waals surface area (Å²) in [4.78, 5) is 50.4. The molecule has 0 amide bonds. The Morgan fingerprint density at radius 3 is 2.04 bits per heavy atom. The summed E-state index contributed by atoms with van der Waals surface area (Å²) in [6.45, 7) is 3.31. The summed E-state index contributed by atoms with van der Waals surface area (Å²) >= 11 is 0. The molecule has 4 aromatic rings. The normalized spacial score (nSPS) is 26.2. The van der Waals surface area contributed by atoms with Crippen LogP contribution in [0, 0.1) is 17.8 Å². The van der Waals surface area contributed by atoms with E-state index in [4.69, 9.17) is 4.99 Å². The molecule has 2 aromatic heterocycles. The highest BCUT2D eigenvalue weighted by molar-refractivity contribution is 5.92. The fourth-order valence-electron chi connectivity index (χ4n) is 9.38. The summed E-state index contributed by atoms with van der Waals surface area (Å²) in [7, 11) is 5.55. The molecule has 0 radical (unpaired) electrons. The summed E-state index contributed by atoms with van der Waals surface area (Å²) in [5, 5.41) is 11.4. The van der Waals surface area contributed by atoms with Crippen molar-refractivity contribution in [2.45, 2.75) is 43.9 Å². The number of piperazine rings is 1. The molecule has 11 heteroatoms. The second kappa shape index (κ2) is 10.6. The molecule has 11 nitrogen and oxygen atoms in total. The van der Waals surface area contributed by atoms with Gasteiger partial charge in [0.2, 0.25) is 5.88 Å².